The van der Waals surface area contributed by atoms with Gasteiger partial charge in [-0.3, -0.25) is 9.79 Å². The second-order valence-corrected chi connectivity index (χ2v) is 6.22. The van der Waals surface area contributed by atoms with Crippen molar-refractivity contribution in [3.05, 3.63) is 29.8 Å². The lowest BCUT2D eigenvalue weighted by Gasteiger charge is -2.39. The molecule has 3 rings (SSSR count). The maximum Gasteiger partial charge on any atom is 0.259 e. The third-order valence-electron chi connectivity index (χ3n) is 4.24. The molecule has 1 aromatic carbocycles. The third kappa shape index (κ3) is 4.59. The Labute approximate surface area is 146 Å². The van der Waals surface area contributed by atoms with Gasteiger partial charge in [-0.05, 0) is 48.7 Å². The number of benzene rings is 1. The maximum atomic E-state index is 10.7. The van der Waals surface area contributed by atoms with Crippen LogP contribution in [0, 0.1) is 5.41 Å². The Hall–Kier alpha value is -1.30. The van der Waals surface area contributed by atoms with Crippen LogP contribution >= 0.6 is 24.0 Å². The van der Waals surface area contributed by atoms with E-state index < -0.39 is 5.24 Å². The predicted molar refractivity (Wildman–Crippen MR) is 91.9 cm³/mol. The average molecular weight is 359 g/mol. The number of aliphatic imine (C=N–C) groups is 1. The number of amidine groups is 1. The number of nitrogens with one attached hydrogen (secondary N) is 1. The Balaban J connectivity index is 0.00000192. The molecule has 0 amide bonds. The van der Waals surface area contributed by atoms with Gasteiger partial charge < -0.3 is 14.8 Å². The normalized spacial score (nSPS) is 19.3. The highest BCUT2D eigenvalue weighted by Gasteiger charge is 2.35. The van der Waals surface area contributed by atoms with Crippen LogP contribution in [0.25, 0.3) is 0 Å². The highest BCUT2D eigenvalue weighted by atomic mass is 35.5. The topological polar surface area (TPSA) is 59.9 Å². The van der Waals surface area contributed by atoms with E-state index in [1.54, 1.807) is 0 Å². The molecule has 1 fully saturated rings. The molecule has 2 heterocycles. The molecule has 1 N–H and O–H groups in total. The molecule has 0 bridgehead atoms. The summed E-state index contributed by atoms with van der Waals surface area (Å²) in [5.74, 6) is 1.53. The summed E-state index contributed by atoms with van der Waals surface area (Å²) in [6, 6.07) is 7.50. The minimum absolute atomic E-state index is 0. The van der Waals surface area contributed by atoms with Crippen molar-refractivity contribution in [3.8, 4) is 5.75 Å². The quantitative estimate of drug-likeness (QED) is 0.839. The van der Waals surface area contributed by atoms with Crippen LogP contribution in [0.5, 0.6) is 5.75 Å². The molecule has 1 aromatic rings. The largest absolute Gasteiger partial charge is 0.484 e. The fourth-order valence-electron chi connectivity index (χ4n) is 2.81. The second-order valence-electron chi connectivity index (χ2n) is 5.80. The molecule has 0 aromatic heterocycles. The lowest BCUT2D eigenvalue weighted by molar-refractivity contribution is -0.113. The molecule has 0 unspecified atom stereocenters. The van der Waals surface area contributed by atoms with E-state index in [0.717, 1.165) is 50.5 Å². The van der Waals surface area contributed by atoms with Crippen LogP contribution in [0.3, 0.4) is 0 Å². The Bertz CT molecular complexity index is 569. The van der Waals surface area contributed by atoms with E-state index in [1.807, 2.05) is 24.3 Å². The molecule has 0 aliphatic carbocycles. The van der Waals surface area contributed by atoms with Crippen LogP contribution in [0.2, 0.25) is 0 Å². The van der Waals surface area contributed by atoms with Crippen LogP contribution in [0.15, 0.2) is 29.3 Å². The van der Waals surface area contributed by atoms with Gasteiger partial charge in [0.1, 0.15) is 11.6 Å². The summed E-state index contributed by atoms with van der Waals surface area (Å²) in [4.78, 5) is 15.4. The molecule has 23 heavy (non-hydrogen) atoms. The van der Waals surface area contributed by atoms with Gasteiger partial charge >= 0.3 is 0 Å². The van der Waals surface area contributed by atoms with Gasteiger partial charge in [-0.15, -0.1) is 12.4 Å². The zero-order chi connectivity index (χ0) is 15.4. The van der Waals surface area contributed by atoms with Crippen molar-refractivity contribution < 1.29 is 14.3 Å². The van der Waals surface area contributed by atoms with Crippen molar-refractivity contribution in [1.29, 1.82) is 0 Å². The van der Waals surface area contributed by atoms with E-state index in [0.29, 0.717) is 5.75 Å². The summed E-state index contributed by atoms with van der Waals surface area (Å²) < 4.78 is 10.7. The van der Waals surface area contributed by atoms with Gasteiger partial charge in [-0.25, -0.2) is 0 Å². The molecule has 1 spiro atoms. The summed E-state index contributed by atoms with van der Waals surface area (Å²) in [5.41, 5.74) is 1.28. The predicted octanol–water partition coefficient (Wildman–Crippen LogP) is 2.40. The minimum atomic E-state index is -0.510. The number of halogens is 2. The first-order valence-corrected chi connectivity index (χ1v) is 7.82. The van der Waals surface area contributed by atoms with Crippen molar-refractivity contribution in [3.63, 3.8) is 0 Å². The van der Waals surface area contributed by atoms with E-state index >= 15 is 0 Å². The van der Waals surface area contributed by atoms with Crippen molar-refractivity contribution >= 4 is 35.1 Å². The van der Waals surface area contributed by atoms with Gasteiger partial charge in [0.2, 0.25) is 0 Å². The smallest absolute Gasteiger partial charge is 0.259 e. The second kappa shape index (κ2) is 7.99. The first-order valence-electron chi connectivity index (χ1n) is 7.45. The molecule has 5 nitrogen and oxygen atoms in total. The summed E-state index contributed by atoms with van der Waals surface area (Å²) in [6.45, 7) is 3.33. The van der Waals surface area contributed by atoms with E-state index in [2.05, 4.69) is 5.32 Å². The van der Waals surface area contributed by atoms with Crippen molar-refractivity contribution in [2.75, 3.05) is 32.9 Å². The molecule has 0 saturated carbocycles. The van der Waals surface area contributed by atoms with Gasteiger partial charge in [-0.2, -0.15) is 0 Å². The Morgan fingerprint density at radius 1 is 1.30 bits per heavy atom. The molecule has 0 atom stereocenters. The summed E-state index contributed by atoms with van der Waals surface area (Å²) >= 11 is 5.25. The lowest BCUT2D eigenvalue weighted by atomic mass is 9.79. The molecular weight excluding hydrogens is 339 g/mol. The van der Waals surface area contributed by atoms with Gasteiger partial charge in [0, 0.05) is 37.3 Å². The first kappa shape index (κ1) is 18.0. The molecule has 0 radical (unpaired) electrons. The average Bonchev–Trinajstić information content (AvgIpc) is 2.55. The fraction of sp³-hybridized carbons (Fsp3) is 0.500. The molecule has 1 saturated heterocycles. The summed E-state index contributed by atoms with van der Waals surface area (Å²) in [5, 5.41) is 2.93. The Morgan fingerprint density at radius 3 is 2.57 bits per heavy atom. The van der Waals surface area contributed by atoms with Crippen molar-refractivity contribution in [1.82, 2.24) is 5.32 Å². The summed E-state index contributed by atoms with van der Waals surface area (Å²) in [7, 11) is 0. The maximum absolute atomic E-state index is 10.7. The van der Waals surface area contributed by atoms with Gasteiger partial charge in [0.05, 0.1) is 0 Å². The van der Waals surface area contributed by atoms with Crippen LogP contribution < -0.4 is 10.1 Å². The summed E-state index contributed by atoms with van der Waals surface area (Å²) in [6.07, 6.45) is 2.13. The molecule has 2 aliphatic heterocycles. The Morgan fingerprint density at radius 2 is 2.00 bits per heavy atom. The fourth-order valence-corrected chi connectivity index (χ4v) is 2.87. The third-order valence-corrected chi connectivity index (χ3v) is 4.35. The van der Waals surface area contributed by atoms with Crippen molar-refractivity contribution in [2.24, 2.45) is 10.4 Å². The minimum Gasteiger partial charge on any atom is -0.484 e. The molecule has 126 valence electrons. The highest BCUT2D eigenvalue weighted by Crippen LogP contribution is 2.32. The number of hydrogen-bond acceptors (Lipinski definition) is 5. The zero-order valence-corrected chi connectivity index (χ0v) is 14.3. The lowest BCUT2D eigenvalue weighted by Crippen LogP contribution is -2.47. The number of carbonyl (C=O) groups is 1. The zero-order valence-electron chi connectivity index (χ0n) is 12.7. The van der Waals surface area contributed by atoms with E-state index in [9.17, 15) is 4.79 Å². The molecular formula is C16H20Cl2N2O3. The van der Waals surface area contributed by atoms with Crippen LogP contribution in [0.1, 0.15) is 18.4 Å². The van der Waals surface area contributed by atoms with E-state index in [1.165, 1.54) is 0 Å². The van der Waals surface area contributed by atoms with Gasteiger partial charge in [0.15, 0.2) is 6.61 Å². The number of rotatable bonds is 4. The van der Waals surface area contributed by atoms with Crippen LogP contribution in [0.4, 0.5) is 0 Å². The van der Waals surface area contributed by atoms with Crippen molar-refractivity contribution in [2.45, 2.75) is 12.8 Å². The van der Waals surface area contributed by atoms with Gasteiger partial charge in [0.25, 0.3) is 5.24 Å². The van der Waals surface area contributed by atoms with E-state index in [4.69, 9.17) is 26.1 Å². The first-order chi connectivity index (χ1) is 10.7. The number of carbonyl (C=O) groups excluding carboxylic acids is 1. The monoisotopic (exact) mass is 358 g/mol. The number of nitrogens with zero attached hydrogens (tertiary/aromatic N) is 1. The van der Waals surface area contributed by atoms with Gasteiger partial charge in [-0.1, -0.05) is 0 Å². The SMILES string of the molecule is Cl.O=C(Cl)COc1ccc(C2=NCC3(CCOCC3)CN2)cc1. The highest BCUT2D eigenvalue weighted by molar-refractivity contribution is 6.63. The standard InChI is InChI=1S/C16H19ClN2O3.ClH/c17-14(20)9-22-13-3-1-12(2-4-13)15-18-10-16(11-19-15)5-7-21-8-6-16;/h1-4H,5-11H2,(H,18,19);1H. The van der Waals surface area contributed by atoms with E-state index in [-0.39, 0.29) is 24.4 Å². The van der Waals surface area contributed by atoms with Crippen LogP contribution in [-0.2, 0) is 9.53 Å². The molecule has 2 aliphatic rings. The Kier molecular flexibility index (Phi) is 6.27. The number of hydrogen-bond donors (Lipinski definition) is 1. The molecule has 7 heteroatoms. The van der Waals surface area contributed by atoms with Crippen LogP contribution in [-0.4, -0.2) is 44.0 Å². The number of ether oxygens (including phenoxy) is 2.